The summed E-state index contributed by atoms with van der Waals surface area (Å²) in [6.45, 7) is 1.08. The molecule has 1 aliphatic heterocycles. The molecular weight excluding hydrogens is 400 g/mol. The third kappa shape index (κ3) is 6.24. The van der Waals surface area contributed by atoms with Crippen molar-refractivity contribution < 1.29 is 18.4 Å². The third-order valence-corrected chi connectivity index (χ3v) is 4.76. The second kappa shape index (κ2) is 10.9. The summed E-state index contributed by atoms with van der Waals surface area (Å²) in [5.41, 5.74) is 0.378. The molecule has 0 bridgehead atoms. The predicted octanol–water partition coefficient (Wildman–Crippen LogP) is 3.35. The standard InChI is InChI=1S/C21H23F2N3O2.ClH/c22-17-8-2-1-6-16(17)13-26(21(28)15-7-5-11-24-12-15)14-20(27)25-19-10-4-3-9-18(19)23;/h1-4,6,8-10,15,24H,5,7,11-14H2,(H,25,27);1H. The van der Waals surface area contributed by atoms with Gasteiger partial charge >= 0.3 is 0 Å². The molecule has 2 amide bonds. The first kappa shape index (κ1) is 22.8. The lowest BCUT2D eigenvalue weighted by Crippen LogP contribution is -2.45. The molecule has 1 unspecified atom stereocenters. The molecule has 3 rings (SSSR count). The molecule has 1 fully saturated rings. The number of anilines is 1. The van der Waals surface area contributed by atoms with Gasteiger partial charge in [-0.3, -0.25) is 9.59 Å². The van der Waals surface area contributed by atoms with E-state index >= 15 is 0 Å². The highest BCUT2D eigenvalue weighted by Gasteiger charge is 2.28. The lowest BCUT2D eigenvalue weighted by atomic mass is 9.97. The largest absolute Gasteiger partial charge is 0.329 e. The van der Waals surface area contributed by atoms with Gasteiger partial charge in [0.15, 0.2) is 0 Å². The second-order valence-electron chi connectivity index (χ2n) is 6.86. The van der Waals surface area contributed by atoms with Crippen molar-refractivity contribution in [1.29, 1.82) is 0 Å². The molecule has 0 radical (unpaired) electrons. The Bertz CT molecular complexity index is 844. The van der Waals surface area contributed by atoms with Crippen molar-refractivity contribution in [2.45, 2.75) is 19.4 Å². The van der Waals surface area contributed by atoms with Crippen molar-refractivity contribution in [3.63, 3.8) is 0 Å². The highest BCUT2D eigenvalue weighted by molar-refractivity contribution is 5.95. The van der Waals surface area contributed by atoms with Crippen molar-refractivity contribution in [2.24, 2.45) is 5.92 Å². The Hall–Kier alpha value is -2.51. The van der Waals surface area contributed by atoms with Gasteiger partial charge in [0, 0.05) is 18.7 Å². The van der Waals surface area contributed by atoms with E-state index in [2.05, 4.69) is 10.6 Å². The highest BCUT2D eigenvalue weighted by atomic mass is 35.5. The van der Waals surface area contributed by atoms with Gasteiger partial charge in [-0.2, -0.15) is 0 Å². The second-order valence-corrected chi connectivity index (χ2v) is 6.86. The van der Waals surface area contributed by atoms with Crippen LogP contribution in [0, 0.1) is 17.6 Å². The van der Waals surface area contributed by atoms with E-state index in [1.54, 1.807) is 24.3 Å². The number of halogens is 3. The first-order valence-electron chi connectivity index (χ1n) is 9.32. The Balaban J connectivity index is 0.00000300. The molecule has 1 saturated heterocycles. The zero-order chi connectivity index (χ0) is 19.9. The number of carbonyl (C=O) groups is 2. The van der Waals surface area contributed by atoms with Crippen LogP contribution in [0.4, 0.5) is 14.5 Å². The van der Waals surface area contributed by atoms with Gasteiger partial charge in [-0.15, -0.1) is 12.4 Å². The summed E-state index contributed by atoms with van der Waals surface area (Å²) >= 11 is 0. The zero-order valence-corrected chi connectivity index (χ0v) is 16.7. The first-order valence-corrected chi connectivity index (χ1v) is 9.32. The molecule has 0 spiro atoms. The molecule has 5 nitrogen and oxygen atoms in total. The lowest BCUT2D eigenvalue weighted by Gasteiger charge is -2.29. The molecule has 0 aliphatic carbocycles. The maximum absolute atomic E-state index is 14.1. The topological polar surface area (TPSA) is 61.4 Å². The molecule has 2 aromatic rings. The van der Waals surface area contributed by atoms with Crippen molar-refractivity contribution >= 4 is 29.9 Å². The summed E-state index contributed by atoms with van der Waals surface area (Å²) in [6.07, 6.45) is 1.58. The fourth-order valence-corrected chi connectivity index (χ4v) is 3.29. The van der Waals surface area contributed by atoms with E-state index in [1.807, 2.05) is 0 Å². The number of para-hydroxylation sites is 1. The number of piperidine rings is 1. The zero-order valence-electron chi connectivity index (χ0n) is 15.9. The number of hydrogen-bond donors (Lipinski definition) is 2. The summed E-state index contributed by atoms with van der Waals surface area (Å²) in [5.74, 6) is -1.99. The van der Waals surface area contributed by atoms with Crippen molar-refractivity contribution in [3.8, 4) is 0 Å². The Morgan fingerprint density at radius 3 is 2.41 bits per heavy atom. The third-order valence-electron chi connectivity index (χ3n) is 4.76. The monoisotopic (exact) mass is 423 g/mol. The average Bonchev–Trinajstić information content (AvgIpc) is 2.71. The molecule has 2 N–H and O–H groups in total. The number of nitrogens with one attached hydrogen (secondary N) is 2. The lowest BCUT2D eigenvalue weighted by molar-refractivity contribution is -0.139. The van der Waals surface area contributed by atoms with Gasteiger partial charge < -0.3 is 15.5 Å². The highest BCUT2D eigenvalue weighted by Crippen LogP contribution is 2.18. The van der Waals surface area contributed by atoms with Crippen LogP contribution >= 0.6 is 12.4 Å². The normalized spacial score (nSPS) is 15.9. The minimum absolute atomic E-state index is 0. The summed E-state index contributed by atoms with van der Waals surface area (Å²) in [7, 11) is 0. The van der Waals surface area contributed by atoms with Crippen LogP contribution in [0.5, 0.6) is 0 Å². The molecule has 156 valence electrons. The van der Waals surface area contributed by atoms with Crippen LogP contribution in [-0.4, -0.2) is 36.3 Å². The quantitative estimate of drug-likeness (QED) is 0.749. The van der Waals surface area contributed by atoms with E-state index in [1.165, 1.54) is 29.2 Å². The van der Waals surface area contributed by atoms with Gasteiger partial charge in [-0.05, 0) is 37.6 Å². The van der Waals surface area contributed by atoms with Crippen molar-refractivity contribution in [3.05, 3.63) is 65.7 Å². The molecule has 8 heteroatoms. The maximum atomic E-state index is 14.1. The van der Waals surface area contributed by atoms with E-state index in [-0.39, 0.29) is 43.0 Å². The predicted molar refractivity (Wildman–Crippen MR) is 110 cm³/mol. The van der Waals surface area contributed by atoms with Crippen LogP contribution < -0.4 is 10.6 Å². The number of nitrogens with zero attached hydrogens (tertiary/aromatic N) is 1. The van der Waals surface area contributed by atoms with Gasteiger partial charge in [-0.25, -0.2) is 8.78 Å². The fourth-order valence-electron chi connectivity index (χ4n) is 3.29. The van der Waals surface area contributed by atoms with Gasteiger partial charge in [0.05, 0.1) is 11.6 Å². The van der Waals surface area contributed by atoms with Crippen LogP contribution in [0.2, 0.25) is 0 Å². The summed E-state index contributed by atoms with van der Waals surface area (Å²) < 4.78 is 27.9. The summed E-state index contributed by atoms with van der Waals surface area (Å²) in [4.78, 5) is 26.8. The van der Waals surface area contributed by atoms with E-state index in [9.17, 15) is 18.4 Å². The van der Waals surface area contributed by atoms with Gasteiger partial charge in [-0.1, -0.05) is 30.3 Å². The fraction of sp³-hybridized carbons (Fsp3) is 0.333. The minimum atomic E-state index is -0.556. The van der Waals surface area contributed by atoms with Crippen LogP contribution in [-0.2, 0) is 16.1 Å². The summed E-state index contributed by atoms with van der Waals surface area (Å²) in [5, 5.41) is 5.66. The summed E-state index contributed by atoms with van der Waals surface area (Å²) in [6, 6.07) is 12.0. The smallest absolute Gasteiger partial charge is 0.244 e. The Morgan fingerprint density at radius 2 is 1.76 bits per heavy atom. The van der Waals surface area contributed by atoms with Crippen LogP contribution in [0.3, 0.4) is 0 Å². The van der Waals surface area contributed by atoms with E-state index in [0.717, 1.165) is 13.0 Å². The minimum Gasteiger partial charge on any atom is -0.329 e. The van der Waals surface area contributed by atoms with Gasteiger partial charge in [0.1, 0.15) is 18.2 Å². The molecule has 0 saturated carbocycles. The van der Waals surface area contributed by atoms with Gasteiger partial charge in [0.2, 0.25) is 11.8 Å². The molecule has 1 atom stereocenters. The Kier molecular flexibility index (Phi) is 8.54. The molecule has 29 heavy (non-hydrogen) atoms. The molecule has 2 aromatic carbocycles. The maximum Gasteiger partial charge on any atom is 0.244 e. The molecular formula is C21H24ClF2N3O2. The van der Waals surface area contributed by atoms with E-state index in [4.69, 9.17) is 0 Å². The van der Waals surface area contributed by atoms with E-state index < -0.39 is 17.5 Å². The SMILES string of the molecule is Cl.O=C(CN(Cc1ccccc1F)C(=O)C1CCCNC1)Nc1ccccc1F. The van der Waals surface area contributed by atoms with Crippen LogP contribution in [0.1, 0.15) is 18.4 Å². The van der Waals surface area contributed by atoms with Crippen LogP contribution in [0.15, 0.2) is 48.5 Å². The Labute approximate surface area is 174 Å². The number of benzene rings is 2. The van der Waals surface area contributed by atoms with Gasteiger partial charge in [0.25, 0.3) is 0 Å². The molecule has 1 heterocycles. The van der Waals surface area contributed by atoms with Crippen molar-refractivity contribution in [1.82, 2.24) is 10.2 Å². The number of hydrogen-bond acceptors (Lipinski definition) is 3. The number of rotatable bonds is 6. The average molecular weight is 424 g/mol. The molecule has 0 aromatic heterocycles. The van der Waals surface area contributed by atoms with Crippen LogP contribution in [0.25, 0.3) is 0 Å². The number of carbonyl (C=O) groups excluding carboxylic acids is 2. The Morgan fingerprint density at radius 1 is 1.07 bits per heavy atom. The molecule has 1 aliphatic rings. The van der Waals surface area contributed by atoms with E-state index in [0.29, 0.717) is 18.5 Å². The first-order chi connectivity index (χ1) is 13.5. The van der Waals surface area contributed by atoms with Crippen molar-refractivity contribution in [2.75, 3.05) is 25.0 Å². The number of amides is 2.